The SMILES string of the molecule is Cc1cc(=O)c(C(=O)N2CCN(CCOc3ccccc3Cl)CC2)nn1-c1ccc(Cl)cc1. The molecular formula is C24H24Cl2N4O3. The molecule has 1 amide bonds. The lowest BCUT2D eigenvalue weighted by atomic mass is 10.2. The maximum Gasteiger partial charge on any atom is 0.278 e. The molecule has 0 bridgehead atoms. The minimum absolute atomic E-state index is 0.0777. The zero-order valence-corrected chi connectivity index (χ0v) is 19.7. The van der Waals surface area contributed by atoms with Crippen LogP contribution in [0.25, 0.3) is 5.69 Å². The molecule has 1 aliphatic rings. The van der Waals surface area contributed by atoms with Crippen molar-refractivity contribution in [1.82, 2.24) is 19.6 Å². The highest BCUT2D eigenvalue weighted by molar-refractivity contribution is 6.32. The molecule has 0 aliphatic carbocycles. The summed E-state index contributed by atoms with van der Waals surface area (Å²) in [5.74, 6) is 0.310. The van der Waals surface area contributed by atoms with E-state index in [9.17, 15) is 9.59 Å². The van der Waals surface area contributed by atoms with Gasteiger partial charge in [-0.15, -0.1) is 0 Å². The molecule has 7 nitrogen and oxygen atoms in total. The van der Waals surface area contributed by atoms with E-state index < -0.39 is 0 Å². The summed E-state index contributed by atoms with van der Waals surface area (Å²) in [5.41, 5.74) is 0.917. The number of amides is 1. The number of para-hydroxylation sites is 1. The van der Waals surface area contributed by atoms with Crippen LogP contribution in [-0.4, -0.2) is 64.8 Å². The third-order valence-electron chi connectivity index (χ3n) is 5.54. The summed E-state index contributed by atoms with van der Waals surface area (Å²) in [5, 5.41) is 5.57. The van der Waals surface area contributed by atoms with Gasteiger partial charge in [0, 0.05) is 49.5 Å². The molecule has 0 radical (unpaired) electrons. The molecule has 9 heteroatoms. The molecule has 0 N–H and O–H groups in total. The normalized spacial score (nSPS) is 14.3. The lowest BCUT2D eigenvalue weighted by molar-refractivity contribution is 0.0611. The first kappa shape index (κ1) is 23.3. The molecule has 2 aromatic carbocycles. The summed E-state index contributed by atoms with van der Waals surface area (Å²) < 4.78 is 7.35. The largest absolute Gasteiger partial charge is 0.491 e. The molecule has 1 aliphatic heterocycles. The van der Waals surface area contributed by atoms with E-state index in [2.05, 4.69) is 10.00 Å². The average Bonchev–Trinajstić information content (AvgIpc) is 2.81. The Labute approximate surface area is 202 Å². The van der Waals surface area contributed by atoms with Crippen molar-refractivity contribution in [3.8, 4) is 11.4 Å². The van der Waals surface area contributed by atoms with Crippen molar-refractivity contribution in [2.45, 2.75) is 6.92 Å². The summed E-state index contributed by atoms with van der Waals surface area (Å²) in [7, 11) is 0. The van der Waals surface area contributed by atoms with Crippen LogP contribution in [0.2, 0.25) is 10.0 Å². The van der Waals surface area contributed by atoms with Crippen LogP contribution in [-0.2, 0) is 0 Å². The highest BCUT2D eigenvalue weighted by Gasteiger charge is 2.25. The van der Waals surface area contributed by atoms with Crippen LogP contribution in [0.3, 0.4) is 0 Å². The molecule has 3 aromatic rings. The molecule has 33 heavy (non-hydrogen) atoms. The van der Waals surface area contributed by atoms with Crippen molar-refractivity contribution >= 4 is 29.1 Å². The lowest BCUT2D eigenvalue weighted by Gasteiger charge is -2.34. The van der Waals surface area contributed by atoms with Gasteiger partial charge in [0.05, 0.1) is 10.7 Å². The van der Waals surface area contributed by atoms with Crippen LogP contribution in [0, 0.1) is 6.92 Å². The van der Waals surface area contributed by atoms with Crippen LogP contribution in [0.15, 0.2) is 59.4 Å². The van der Waals surface area contributed by atoms with Gasteiger partial charge >= 0.3 is 0 Å². The van der Waals surface area contributed by atoms with Gasteiger partial charge < -0.3 is 9.64 Å². The van der Waals surface area contributed by atoms with E-state index in [1.54, 1.807) is 46.8 Å². The van der Waals surface area contributed by atoms with Gasteiger partial charge in [-0.3, -0.25) is 14.5 Å². The van der Waals surface area contributed by atoms with Gasteiger partial charge in [0.15, 0.2) is 5.69 Å². The van der Waals surface area contributed by atoms with E-state index in [0.29, 0.717) is 54.3 Å². The van der Waals surface area contributed by atoms with Crippen LogP contribution in [0.5, 0.6) is 5.75 Å². The number of piperazine rings is 1. The number of carbonyl (C=O) groups excluding carboxylic acids is 1. The number of nitrogens with zero attached hydrogens (tertiary/aromatic N) is 4. The molecule has 1 aromatic heterocycles. The Hall–Kier alpha value is -2.87. The van der Waals surface area contributed by atoms with Crippen LogP contribution < -0.4 is 10.2 Å². The summed E-state index contributed by atoms with van der Waals surface area (Å²) in [6, 6.07) is 15.9. The van der Waals surface area contributed by atoms with Crippen molar-refractivity contribution in [2.24, 2.45) is 0 Å². The van der Waals surface area contributed by atoms with Crippen molar-refractivity contribution in [3.63, 3.8) is 0 Å². The van der Waals surface area contributed by atoms with E-state index in [0.717, 1.165) is 12.2 Å². The highest BCUT2D eigenvalue weighted by atomic mass is 35.5. The summed E-state index contributed by atoms with van der Waals surface area (Å²) in [6.07, 6.45) is 0. The Balaban J connectivity index is 1.37. The maximum absolute atomic E-state index is 13.1. The predicted molar refractivity (Wildman–Crippen MR) is 129 cm³/mol. The number of carbonyl (C=O) groups is 1. The second kappa shape index (κ2) is 10.4. The first-order valence-corrected chi connectivity index (χ1v) is 11.4. The molecule has 172 valence electrons. The average molecular weight is 487 g/mol. The van der Waals surface area contributed by atoms with Crippen molar-refractivity contribution in [2.75, 3.05) is 39.3 Å². The van der Waals surface area contributed by atoms with E-state index in [1.165, 1.54) is 6.07 Å². The monoisotopic (exact) mass is 486 g/mol. The van der Waals surface area contributed by atoms with Gasteiger partial charge in [-0.05, 0) is 43.3 Å². The smallest absolute Gasteiger partial charge is 0.278 e. The lowest BCUT2D eigenvalue weighted by Crippen LogP contribution is -2.50. The number of aromatic nitrogens is 2. The third kappa shape index (κ3) is 5.55. The number of hydrogen-bond acceptors (Lipinski definition) is 5. The molecule has 4 rings (SSSR count). The van der Waals surface area contributed by atoms with E-state index in [-0.39, 0.29) is 17.0 Å². The highest BCUT2D eigenvalue weighted by Crippen LogP contribution is 2.23. The topological polar surface area (TPSA) is 67.7 Å². The molecule has 0 spiro atoms. The molecular weight excluding hydrogens is 463 g/mol. The van der Waals surface area contributed by atoms with Gasteiger partial charge in [-0.2, -0.15) is 5.10 Å². The summed E-state index contributed by atoms with van der Waals surface area (Å²) in [6.45, 7) is 5.41. The van der Waals surface area contributed by atoms with Gasteiger partial charge in [0.2, 0.25) is 5.43 Å². The van der Waals surface area contributed by atoms with Crippen molar-refractivity contribution in [3.05, 3.63) is 86.3 Å². The fourth-order valence-corrected chi connectivity index (χ4v) is 4.03. The third-order valence-corrected chi connectivity index (χ3v) is 6.11. The Morgan fingerprint density at radius 1 is 1.03 bits per heavy atom. The predicted octanol–water partition coefficient (Wildman–Crippen LogP) is 3.68. The van der Waals surface area contributed by atoms with Gasteiger partial charge in [0.1, 0.15) is 12.4 Å². The zero-order chi connectivity index (χ0) is 23.4. The van der Waals surface area contributed by atoms with Crippen LogP contribution >= 0.6 is 23.2 Å². The zero-order valence-electron chi connectivity index (χ0n) is 18.2. The van der Waals surface area contributed by atoms with Crippen LogP contribution in [0.1, 0.15) is 16.2 Å². The number of halogens is 2. The summed E-state index contributed by atoms with van der Waals surface area (Å²) >= 11 is 12.1. The fraction of sp³-hybridized carbons (Fsp3) is 0.292. The fourth-order valence-electron chi connectivity index (χ4n) is 3.71. The van der Waals surface area contributed by atoms with E-state index in [4.69, 9.17) is 27.9 Å². The van der Waals surface area contributed by atoms with Crippen molar-refractivity contribution < 1.29 is 9.53 Å². The second-order valence-electron chi connectivity index (χ2n) is 7.80. The summed E-state index contributed by atoms with van der Waals surface area (Å²) in [4.78, 5) is 29.5. The number of rotatable bonds is 6. The molecule has 0 atom stereocenters. The van der Waals surface area contributed by atoms with Gasteiger partial charge in [-0.1, -0.05) is 35.3 Å². The Bertz CT molecular complexity index is 1190. The standard InChI is InChI=1S/C24H24Cl2N4O3/c1-17-16-21(31)23(27-30(17)19-8-6-18(25)7-9-19)24(32)29-12-10-28(11-13-29)14-15-33-22-5-3-2-4-20(22)26/h2-9,16H,10-15H2,1H3. The Kier molecular flexibility index (Phi) is 7.33. The van der Waals surface area contributed by atoms with E-state index >= 15 is 0 Å². The number of ether oxygens (including phenoxy) is 1. The Morgan fingerprint density at radius 3 is 2.42 bits per heavy atom. The molecule has 1 saturated heterocycles. The van der Waals surface area contributed by atoms with E-state index in [1.807, 2.05) is 18.2 Å². The number of aryl methyl sites for hydroxylation is 1. The van der Waals surface area contributed by atoms with Crippen molar-refractivity contribution in [1.29, 1.82) is 0 Å². The quantitative estimate of drug-likeness (QED) is 0.531. The van der Waals surface area contributed by atoms with Crippen LogP contribution in [0.4, 0.5) is 0 Å². The first-order chi connectivity index (χ1) is 15.9. The molecule has 2 heterocycles. The second-order valence-corrected chi connectivity index (χ2v) is 8.64. The Morgan fingerprint density at radius 2 is 1.73 bits per heavy atom. The van der Waals surface area contributed by atoms with Gasteiger partial charge in [0.25, 0.3) is 5.91 Å². The van der Waals surface area contributed by atoms with Gasteiger partial charge in [-0.25, -0.2) is 4.68 Å². The minimum Gasteiger partial charge on any atom is -0.491 e. The molecule has 1 fully saturated rings. The molecule has 0 unspecified atom stereocenters. The number of benzene rings is 2. The molecule has 0 saturated carbocycles. The minimum atomic E-state index is -0.377. The first-order valence-electron chi connectivity index (χ1n) is 10.7. The number of hydrogen-bond donors (Lipinski definition) is 0. The maximum atomic E-state index is 13.1.